The molecule has 7 heteroatoms. The molecule has 118 valence electrons. The number of nitrogens with zero attached hydrogens (tertiary/aromatic N) is 3. The molecule has 1 N–H and O–H groups in total. The molecule has 0 aliphatic carbocycles. The van der Waals surface area contributed by atoms with E-state index in [4.69, 9.17) is 12.6 Å². The molecule has 22 heavy (non-hydrogen) atoms. The second kappa shape index (κ2) is 6.98. The van der Waals surface area contributed by atoms with Crippen LogP contribution in [0.4, 0.5) is 10.7 Å². The molecular formula is C15H23BN4O2. The van der Waals surface area contributed by atoms with Crippen molar-refractivity contribution in [3.8, 4) is 0 Å². The maximum atomic E-state index is 12.2. The Bertz CT molecular complexity index is 497. The normalized spacial score (nSPS) is 25.1. The summed E-state index contributed by atoms with van der Waals surface area (Å²) in [4.78, 5) is 22.3. The van der Waals surface area contributed by atoms with Crippen LogP contribution in [0.2, 0.25) is 0 Å². The molecule has 2 heterocycles. The van der Waals surface area contributed by atoms with Crippen LogP contribution in [0, 0.1) is 0 Å². The van der Waals surface area contributed by atoms with Crippen molar-refractivity contribution < 1.29 is 9.53 Å². The van der Waals surface area contributed by atoms with Gasteiger partial charge in [0.05, 0.1) is 6.10 Å². The standard InChI is InChI=1S/C15H23BN4O2/c1-9(2)22-15(21)20-10(3)5-13(6-11(20)4)19-14-17-7-12(16)8-18-14/h7-11,13H,5-6H2,1-4H3,(H,17,18,19)/t10-,11-/m1/s1. The lowest BCUT2D eigenvalue weighted by Crippen LogP contribution is -2.53. The van der Waals surface area contributed by atoms with Crippen molar-refractivity contribution in [2.45, 2.75) is 64.8 Å². The predicted molar refractivity (Wildman–Crippen MR) is 86.4 cm³/mol. The zero-order valence-electron chi connectivity index (χ0n) is 13.6. The highest BCUT2D eigenvalue weighted by Gasteiger charge is 2.35. The van der Waals surface area contributed by atoms with E-state index >= 15 is 0 Å². The number of amides is 1. The zero-order valence-corrected chi connectivity index (χ0v) is 13.6. The summed E-state index contributed by atoms with van der Waals surface area (Å²) < 4.78 is 5.33. The Morgan fingerprint density at radius 2 is 1.86 bits per heavy atom. The van der Waals surface area contributed by atoms with Gasteiger partial charge >= 0.3 is 6.09 Å². The van der Waals surface area contributed by atoms with Crippen LogP contribution in [0.25, 0.3) is 0 Å². The van der Waals surface area contributed by atoms with Crippen molar-refractivity contribution in [2.75, 3.05) is 5.32 Å². The van der Waals surface area contributed by atoms with E-state index in [9.17, 15) is 4.79 Å². The Hall–Kier alpha value is -1.79. The van der Waals surface area contributed by atoms with Gasteiger partial charge in [-0.15, -0.1) is 0 Å². The number of nitrogens with one attached hydrogen (secondary N) is 1. The fourth-order valence-electron chi connectivity index (χ4n) is 2.92. The molecule has 2 radical (unpaired) electrons. The van der Waals surface area contributed by atoms with Gasteiger partial charge in [0.1, 0.15) is 7.85 Å². The number of piperidine rings is 1. The third-order valence-corrected chi connectivity index (χ3v) is 3.75. The Morgan fingerprint density at radius 3 is 2.36 bits per heavy atom. The summed E-state index contributed by atoms with van der Waals surface area (Å²) in [6, 6.07) is 0.416. The van der Waals surface area contributed by atoms with Gasteiger partial charge < -0.3 is 15.0 Å². The highest BCUT2D eigenvalue weighted by Crippen LogP contribution is 2.25. The summed E-state index contributed by atoms with van der Waals surface area (Å²) in [5.41, 5.74) is 0.540. The van der Waals surface area contributed by atoms with Crippen molar-refractivity contribution in [1.29, 1.82) is 0 Å². The Kier molecular flexibility index (Phi) is 5.26. The molecule has 0 aromatic carbocycles. The highest BCUT2D eigenvalue weighted by molar-refractivity contribution is 6.31. The number of hydrogen-bond donors (Lipinski definition) is 1. The van der Waals surface area contributed by atoms with Crippen molar-refractivity contribution >= 4 is 25.4 Å². The van der Waals surface area contributed by atoms with E-state index < -0.39 is 0 Å². The molecular weight excluding hydrogens is 279 g/mol. The van der Waals surface area contributed by atoms with Gasteiger partial charge in [0, 0.05) is 30.5 Å². The first-order valence-corrected chi connectivity index (χ1v) is 7.69. The minimum absolute atomic E-state index is 0.0984. The molecule has 6 nitrogen and oxygen atoms in total. The molecule has 0 spiro atoms. The van der Waals surface area contributed by atoms with Gasteiger partial charge in [-0.2, -0.15) is 0 Å². The number of carbonyl (C=O) groups excluding carboxylic acids is 1. The number of carbonyl (C=O) groups is 1. The van der Waals surface area contributed by atoms with Crippen molar-refractivity contribution in [1.82, 2.24) is 14.9 Å². The van der Waals surface area contributed by atoms with Gasteiger partial charge in [0.15, 0.2) is 0 Å². The number of hydrogen-bond acceptors (Lipinski definition) is 5. The topological polar surface area (TPSA) is 67.4 Å². The number of likely N-dealkylation sites (tertiary alicyclic amines) is 1. The number of anilines is 1. The third kappa shape index (κ3) is 4.12. The Balaban J connectivity index is 1.97. The minimum Gasteiger partial charge on any atom is -0.447 e. The number of rotatable bonds is 3. The van der Waals surface area contributed by atoms with E-state index in [1.807, 2.05) is 32.6 Å². The van der Waals surface area contributed by atoms with Crippen LogP contribution in [0.3, 0.4) is 0 Å². The molecule has 1 aliphatic rings. The maximum absolute atomic E-state index is 12.2. The third-order valence-electron chi connectivity index (χ3n) is 3.75. The summed E-state index contributed by atoms with van der Waals surface area (Å²) in [7, 11) is 5.58. The minimum atomic E-state index is -0.239. The van der Waals surface area contributed by atoms with Gasteiger partial charge in [-0.25, -0.2) is 14.8 Å². The lowest BCUT2D eigenvalue weighted by molar-refractivity contribution is 0.0357. The molecule has 1 aliphatic heterocycles. The van der Waals surface area contributed by atoms with Crippen molar-refractivity contribution in [3.63, 3.8) is 0 Å². The molecule has 0 unspecified atom stereocenters. The van der Waals surface area contributed by atoms with Gasteiger partial charge in [0.2, 0.25) is 5.95 Å². The molecule has 1 aromatic heterocycles. The van der Waals surface area contributed by atoms with E-state index in [0.717, 1.165) is 12.8 Å². The average Bonchev–Trinajstić information content (AvgIpc) is 2.39. The van der Waals surface area contributed by atoms with E-state index in [2.05, 4.69) is 15.3 Å². The lowest BCUT2D eigenvalue weighted by Gasteiger charge is -2.42. The molecule has 2 rings (SSSR count). The molecule has 0 bridgehead atoms. The second-order valence-electron chi connectivity index (χ2n) is 6.19. The van der Waals surface area contributed by atoms with Crippen LogP contribution in [0.5, 0.6) is 0 Å². The fraction of sp³-hybridized carbons (Fsp3) is 0.667. The SMILES string of the molecule is [B]c1cnc(NC2C[C@@H](C)N(C(=O)OC(C)C)[C@H](C)C2)nc1. The zero-order chi connectivity index (χ0) is 16.3. The molecule has 1 fully saturated rings. The van der Waals surface area contributed by atoms with Crippen LogP contribution in [0.1, 0.15) is 40.5 Å². The van der Waals surface area contributed by atoms with Crippen LogP contribution < -0.4 is 10.8 Å². The number of ether oxygens (including phenoxy) is 1. The lowest BCUT2D eigenvalue weighted by atomic mass is 9.93. The monoisotopic (exact) mass is 302 g/mol. The van der Waals surface area contributed by atoms with Gasteiger partial charge in [-0.3, -0.25) is 0 Å². The summed E-state index contributed by atoms with van der Waals surface area (Å²) in [5, 5.41) is 3.31. The van der Waals surface area contributed by atoms with Gasteiger partial charge in [0.25, 0.3) is 0 Å². The highest BCUT2D eigenvalue weighted by atomic mass is 16.6. The van der Waals surface area contributed by atoms with Crippen LogP contribution >= 0.6 is 0 Å². The number of aromatic nitrogens is 2. The summed E-state index contributed by atoms with van der Waals surface area (Å²) in [5.74, 6) is 0.566. The van der Waals surface area contributed by atoms with E-state index in [0.29, 0.717) is 11.4 Å². The fourth-order valence-corrected chi connectivity index (χ4v) is 2.92. The van der Waals surface area contributed by atoms with Crippen LogP contribution in [-0.4, -0.2) is 53.0 Å². The summed E-state index contributed by atoms with van der Waals surface area (Å²) in [6.07, 6.45) is 4.47. The first-order valence-electron chi connectivity index (χ1n) is 7.69. The van der Waals surface area contributed by atoms with Crippen molar-refractivity contribution in [2.24, 2.45) is 0 Å². The summed E-state index contributed by atoms with van der Waals surface area (Å²) in [6.45, 7) is 7.80. The molecule has 0 saturated carbocycles. The first kappa shape index (κ1) is 16.6. The van der Waals surface area contributed by atoms with Gasteiger partial charge in [-0.1, -0.05) is 5.46 Å². The second-order valence-corrected chi connectivity index (χ2v) is 6.19. The molecule has 1 aromatic rings. The van der Waals surface area contributed by atoms with Crippen LogP contribution in [0.15, 0.2) is 12.4 Å². The Labute approximate surface area is 133 Å². The first-order chi connectivity index (χ1) is 10.4. The largest absolute Gasteiger partial charge is 0.447 e. The van der Waals surface area contributed by atoms with E-state index in [1.165, 1.54) is 0 Å². The van der Waals surface area contributed by atoms with Gasteiger partial charge in [-0.05, 0) is 40.5 Å². The quantitative estimate of drug-likeness (QED) is 0.856. The molecule has 2 atom stereocenters. The maximum Gasteiger partial charge on any atom is 0.410 e. The predicted octanol–water partition coefficient (Wildman–Crippen LogP) is 1.47. The van der Waals surface area contributed by atoms with E-state index in [-0.39, 0.29) is 30.3 Å². The van der Waals surface area contributed by atoms with Crippen LogP contribution in [-0.2, 0) is 4.74 Å². The van der Waals surface area contributed by atoms with E-state index in [1.54, 1.807) is 12.4 Å². The summed E-state index contributed by atoms with van der Waals surface area (Å²) >= 11 is 0. The molecule has 1 amide bonds. The molecule has 1 saturated heterocycles. The smallest absolute Gasteiger partial charge is 0.410 e. The Morgan fingerprint density at radius 1 is 1.32 bits per heavy atom. The van der Waals surface area contributed by atoms with Crippen molar-refractivity contribution in [3.05, 3.63) is 12.4 Å². The average molecular weight is 302 g/mol.